The summed E-state index contributed by atoms with van der Waals surface area (Å²) in [5, 5.41) is 37.1. The van der Waals surface area contributed by atoms with Crippen molar-refractivity contribution >= 4 is 11.0 Å². The molecule has 2 aromatic carbocycles. The summed E-state index contributed by atoms with van der Waals surface area (Å²) in [7, 11) is 0. The van der Waals surface area contributed by atoms with Gasteiger partial charge in [-0.15, -0.1) is 0 Å². The second-order valence-corrected chi connectivity index (χ2v) is 6.17. The fraction of sp³-hybridized carbons (Fsp3) is 0.286. The third kappa shape index (κ3) is 4.82. The number of aromatic hydroxyl groups is 1. The summed E-state index contributed by atoms with van der Waals surface area (Å²) >= 11 is 0. The monoisotopic (exact) mass is 418 g/mol. The average Bonchev–Trinajstić information content (AvgIpc) is 2.74. The molecule has 9 heteroatoms. The van der Waals surface area contributed by atoms with Crippen molar-refractivity contribution in [1.82, 2.24) is 0 Å². The molecule has 30 heavy (non-hydrogen) atoms. The lowest BCUT2D eigenvalue weighted by atomic mass is 10.1. The molecular weight excluding hydrogens is 396 g/mol. The molecule has 9 nitrogen and oxygen atoms in total. The number of hydrogen-bond donors (Lipinski definition) is 4. The minimum absolute atomic E-state index is 0.00903. The van der Waals surface area contributed by atoms with Crippen LogP contribution < -0.4 is 19.6 Å². The topological polar surface area (TPSA) is 139 Å². The maximum Gasteiger partial charge on any atom is 0.197 e. The molecule has 0 aliphatic heterocycles. The molecule has 0 amide bonds. The van der Waals surface area contributed by atoms with Crippen molar-refractivity contribution in [3.05, 3.63) is 46.6 Å². The van der Waals surface area contributed by atoms with E-state index in [-0.39, 0.29) is 67.9 Å². The van der Waals surface area contributed by atoms with E-state index in [1.54, 1.807) is 18.2 Å². The molecule has 0 fully saturated rings. The van der Waals surface area contributed by atoms with Gasteiger partial charge in [-0.3, -0.25) is 4.79 Å². The molecule has 1 heterocycles. The highest BCUT2D eigenvalue weighted by molar-refractivity contribution is 5.86. The van der Waals surface area contributed by atoms with Gasteiger partial charge >= 0.3 is 0 Å². The quantitative estimate of drug-likeness (QED) is 0.383. The van der Waals surface area contributed by atoms with E-state index in [0.29, 0.717) is 17.1 Å². The van der Waals surface area contributed by atoms with Gasteiger partial charge in [-0.2, -0.15) is 0 Å². The van der Waals surface area contributed by atoms with Crippen LogP contribution in [0.4, 0.5) is 0 Å². The van der Waals surface area contributed by atoms with Crippen molar-refractivity contribution in [2.75, 3.05) is 39.6 Å². The number of phenols is 1. The number of fused-ring (bicyclic) bond motifs is 1. The Balaban J connectivity index is 2.05. The highest BCUT2D eigenvalue weighted by Crippen LogP contribution is 2.35. The highest BCUT2D eigenvalue weighted by Gasteiger charge is 2.15. The van der Waals surface area contributed by atoms with Crippen molar-refractivity contribution in [3.8, 4) is 34.3 Å². The van der Waals surface area contributed by atoms with E-state index in [1.165, 1.54) is 18.2 Å². The summed E-state index contributed by atoms with van der Waals surface area (Å²) in [6, 6.07) is 8.81. The first-order valence-corrected chi connectivity index (χ1v) is 9.23. The van der Waals surface area contributed by atoms with Crippen molar-refractivity contribution in [2.24, 2.45) is 0 Å². The summed E-state index contributed by atoms with van der Waals surface area (Å²) < 4.78 is 22.0. The Morgan fingerprint density at radius 3 is 2.17 bits per heavy atom. The Bertz CT molecular complexity index is 1060. The molecule has 1 aromatic heterocycles. The van der Waals surface area contributed by atoms with E-state index >= 15 is 0 Å². The van der Waals surface area contributed by atoms with E-state index in [2.05, 4.69) is 0 Å². The molecule has 3 aromatic rings. The van der Waals surface area contributed by atoms with E-state index < -0.39 is 5.43 Å². The van der Waals surface area contributed by atoms with E-state index in [4.69, 9.17) is 33.9 Å². The first-order chi connectivity index (χ1) is 14.6. The molecular formula is C21H22O9. The van der Waals surface area contributed by atoms with Gasteiger partial charge in [0, 0.05) is 23.8 Å². The summed E-state index contributed by atoms with van der Waals surface area (Å²) in [6.45, 7) is -0.467. The molecule has 0 saturated carbocycles. The summed E-state index contributed by atoms with van der Waals surface area (Å²) in [6.07, 6.45) is 0. The number of ether oxygens (including phenoxy) is 3. The average molecular weight is 418 g/mol. The number of aliphatic hydroxyl groups is 3. The molecule has 0 spiro atoms. The maximum absolute atomic E-state index is 12.6. The SMILES string of the molecule is O=c1cc(-c2ccc(OCCO)c(OCCO)c2)oc2cc(OCCO)cc(O)c12. The first-order valence-electron chi connectivity index (χ1n) is 9.23. The Morgan fingerprint density at radius 2 is 1.47 bits per heavy atom. The van der Waals surface area contributed by atoms with Gasteiger partial charge in [-0.1, -0.05) is 0 Å². The van der Waals surface area contributed by atoms with Gasteiger partial charge in [0.05, 0.1) is 19.8 Å². The van der Waals surface area contributed by atoms with Crippen molar-refractivity contribution in [1.29, 1.82) is 0 Å². The van der Waals surface area contributed by atoms with Gasteiger partial charge in [0.25, 0.3) is 0 Å². The minimum Gasteiger partial charge on any atom is -0.507 e. The zero-order chi connectivity index (χ0) is 21.5. The summed E-state index contributed by atoms with van der Waals surface area (Å²) in [5.41, 5.74) is 0.166. The molecule has 3 rings (SSSR count). The Labute approximate surface area is 171 Å². The molecule has 0 atom stereocenters. The molecule has 0 unspecified atom stereocenters. The smallest absolute Gasteiger partial charge is 0.197 e. The number of rotatable bonds is 10. The lowest BCUT2D eigenvalue weighted by Gasteiger charge is -2.13. The van der Waals surface area contributed by atoms with Crippen molar-refractivity contribution < 1.29 is 39.1 Å². The van der Waals surface area contributed by atoms with Crippen LogP contribution in [-0.2, 0) is 0 Å². The Hall–Kier alpha value is -3.27. The van der Waals surface area contributed by atoms with Crippen LogP contribution in [-0.4, -0.2) is 60.1 Å². The van der Waals surface area contributed by atoms with Crippen LogP contribution >= 0.6 is 0 Å². The fourth-order valence-corrected chi connectivity index (χ4v) is 2.84. The highest BCUT2D eigenvalue weighted by atomic mass is 16.5. The molecule has 0 radical (unpaired) electrons. The largest absolute Gasteiger partial charge is 0.507 e. The van der Waals surface area contributed by atoms with Crippen LogP contribution in [0.15, 0.2) is 45.6 Å². The van der Waals surface area contributed by atoms with Gasteiger partial charge in [-0.05, 0) is 18.2 Å². The third-order valence-electron chi connectivity index (χ3n) is 4.07. The number of phenolic OH excluding ortho intramolecular Hbond substituents is 1. The van der Waals surface area contributed by atoms with Gasteiger partial charge < -0.3 is 39.1 Å². The second kappa shape index (κ2) is 9.97. The summed E-state index contributed by atoms with van der Waals surface area (Å²) in [5.74, 6) is 0.839. The molecule has 0 aliphatic rings. The lowest BCUT2D eigenvalue weighted by molar-refractivity contribution is 0.178. The van der Waals surface area contributed by atoms with E-state index in [9.17, 15) is 9.90 Å². The van der Waals surface area contributed by atoms with Gasteiger partial charge in [0.15, 0.2) is 16.9 Å². The van der Waals surface area contributed by atoms with Crippen LogP contribution in [0, 0.1) is 0 Å². The van der Waals surface area contributed by atoms with Gasteiger partial charge in [0.2, 0.25) is 0 Å². The number of hydrogen-bond acceptors (Lipinski definition) is 9. The molecule has 0 aliphatic carbocycles. The Morgan fingerprint density at radius 1 is 0.800 bits per heavy atom. The Kier molecular flexibility index (Phi) is 7.12. The van der Waals surface area contributed by atoms with E-state index in [0.717, 1.165) is 0 Å². The predicted octanol–water partition coefficient (Wildman–Crippen LogP) is 1.28. The molecule has 160 valence electrons. The third-order valence-corrected chi connectivity index (χ3v) is 4.07. The van der Waals surface area contributed by atoms with Crippen LogP contribution in [0.3, 0.4) is 0 Å². The maximum atomic E-state index is 12.6. The predicted molar refractivity (Wildman–Crippen MR) is 107 cm³/mol. The first kappa shape index (κ1) is 21.4. The normalized spacial score (nSPS) is 10.9. The number of aliphatic hydroxyl groups excluding tert-OH is 3. The minimum atomic E-state index is -0.448. The molecule has 0 bridgehead atoms. The number of benzene rings is 2. The van der Waals surface area contributed by atoms with Gasteiger partial charge in [-0.25, -0.2) is 0 Å². The summed E-state index contributed by atoms with van der Waals surface area (Å²) in [4.78, 5) is 12.6. The second-order valence-electron chi connectivity index (χ2n) is 6.17. The van der Waals surface area contributed by atoms with Crippen LogP contribution in [0.2, 0.25) is 0 Å². The van der Waals surface area contributed by atoms with Crippen LogP contribution in [0.1, 0.15) is 0 Å². The van der Waals surface area contributed by atoms with Crippen LogP contribution in [0.5, 0.6) is 23.0 Å². The van der Waals surface area contributed by atoms with Gasteiger partial charge in [0.1, 0.15) is 48.0 Å². The zero-order valence-electron chi connectivity index (χ0n) is 16.0. The standard InChI is InChI=1S/C21H22O9/c22-3-6-27-14-10-15(25)21-16(26)12-18(30-20(21)11-14)13-1-2-17(28-7-4-23)19(9-13)29-8-5-24/h1-2,9-12,22-25H,3-8H2. The van der Waals surface area contributed by atoms with Crippen LogP contribution in [0.25, 0.3) is 22.3 Å². The van der Waals surface area contributed by atoms with E-state index in [1.807, 2.05) is 0 Å². The molecule has 0 saturated heterocycles. The molecule has 4 N–H and O–H groups in total. The van der Waals surface area contributed by atoms with Crippen molar-refractivity contribution in [3.63, 3.8) is 0 Å². The van der Waals surface area contributed by atoms with Crippen molar-refractivity contribution in [2.45, 2.75) is 0 Å². The fourth-order valence-electron chi connectivity index (χ4n) is 2.84. The zero-order valence-corrected chi connectivity index (χ0v) is 16.0. The lowest BCUT2D eigenvalue weighted by Crippen LogP contribution is -2.07.